The fraction of sp³-hybridized carbons (Fsp3) is 1.00. The lowest BCUT2D eigenvalue weighted by atomic mass is 9.82. The summed E-state index contributed by atoms with van der Waals surface area (Å²) >= 11 is 0. The van der Waals surface area contributed by atoms with Crippen LogP contribution in [0, 0.1) is 10.8 Å². The molecule has 0 N–H and O–H groups in total. The summed E-state index contributed by atoms with van der Waals surface area (Å²) in [5.41, 5.74) is 0. The van der Waals surface area contributed by atoms with Gasteiger partial charge in [-0.25, -0.2) is 0 Å². The smallest absolute Gasteiger partial charge is 0.0947 e. The minimum atomic E-state index is 0.142. The van der Waals surface area contributed by atoms with Gasteiger partial charge >= 0.3 is 0 Å². The Kier molecular flexibility index (Phi) is 9.15. The predicted octanol–water partition coefficient (Wildman–Crippen LogP) is 5.84. The molecule has 1 fully saturated rings. The summed E-state index contributed by atoms with van der Waals surface area (Å²) in [6.45, 7) is 2.27. The number of unbranched alkanes of at least 4 members (excludes halogenated alkanes) is 7. The van der Waals surface area contributed by atoms with Crippen LogP contribution in [-0.2, 0) is 0 Å². The van der Waals surface area contributed by atoms with Gasteiger partial charge in [-0.1, -0.05) is 76.3 Å². The van der Waals surface area contributed by atoms with Gasteiger partial charge in [-0.05, 0) is 25.2 Å². The molecule has 106 valence electrons. The number of hydrogen-bond acceptors (Lipinski definition) is 2. The van der Waals surface area contributed by atoms with E-state index in [4.69, 9.17) is 0 Å². The van der Waals surface area contributed by atoms with E-state index in [2.05, 4.69) is 12.1 Å². The summed E-state index contributed by atoms with van der Waals surface area (Å²) in [7, 11) is 0. The second-order valence-electron chi connectivity index (χ2n) is 5.98. The molecule has 0 aromatic carbocycles. The van der Waals surface area contributed by atoms with Crippen LogP contribution in [0.5, 0.6) is 0 Å². The van der Waals surface area contributed by atoms with Crippen LogP contribution < -0.4 is 0 Å². The third-order valence-corrected chi connectivity index (χ3v) is 4.43. The van der Waals surface area contributed by atoms with Crippen molar-refractivity contribution in [2.45, 2.75) is 96.4 Å². The lowest BCUT2D eigenvalue weighted by Gasteiger charge is -2.26. The number of rotatable bonds is 10. The molecule has 2 heteroatoms. The van der Waals surface area contributed by atoms with E-state index in [0.717, 1.165) is 6.42 Å². The van der Waals surface area contributed by atoms with Crippen LogP contribution >= 0.6 is 0 Å². The maximum Gasteiger partial charge on any atom is 0.0947 e. The Hall–Kier alpha value is -0.400. The van der Waals surface area contributed by atoms with Crippen molar-refractivity contribution in [3.8, 4) is 0 Å². The Bertz CT molecular complexity index is 205. The van der Waals surface area contributed by atoms with Crippen LogP contribution in [0.3, 0.4) is 0 Å². The van der Waals surface area contributed by atoms with Crippen LogP contribution in [0.2, 0.25) is 0 Å². The second kappa shape index (κ2) is 10.5. The van der Waals surface area contributed by atoms with Crippen molar-refractivity contribution in [1.29, 1.82) is 0 Å². The minimum absolute atomic E-state index is 0.142. The molecule has 0 aromatic rings. The Labute approximate surface area is 113 Å². The van der Waals surface area contributed by atoms with E-state index in [9.17, 15) is 4.91 Å². The van der Waals surface area contributed by atoms with Gasteiger partial charge in [-0.15, -0.1) is 0 Å². The normalized spacial score (nSPS) is 24.1. The van der Waals surface area contributed by atoms with Crippen LogP contribution in [0.4, 0.5) is 0 Å². The molecule has 2 atom stereocenters. The van der Waals surface area contributed by atoms with Gasteiger partial charge in [0.15, 0.2) is 0 Å². The molecule has 0 bridgehead atoms. The lowest BCUT2D eigenvalue weighted by Crippen LogP contribution is -2.22. The molecule has 0 spiro atoms. The first kappa shape index (κ1) is 15.7. The quantitative estimate of drug-likeness (QED) is 0.355. The molecule has 0 amide bonds. The summed E-state index contributed by atoms with van der Waals surface area (Å²) in [4.78, 5) is 10.8. The van der Waals surface area contributed by atoms with Crippen LogP contribution in [-0.4, -0.2) is 6.04 Å². The van der Waals surface area contributed by atoms with E-state index < -0.39 is 0 Å². The zero-order chi connectivity index (χ0) is 13.1. The molecule has 0 heterocycles. The largest absolute Gasteiger partial charge is 0.151 e. The third-order valence-electron chi connectivity index (χ3n) is 4.43. The van der Waals surface area contributed by atoms with Gasteiger partial charge in [0, 0.05) is 0 Å². The van der Waals surface area contributed by atoms with Crippen molar-refractivity contribution in [2.24, 2.45) is 11.1 Å². The highest BCUT2D eigenvalue weighted by Crippen LogP contribution is 2.30. The summed E-state index contributed by atoms with van der Waals surface area (Å²) in [5.74, 6) is 0.608. The first-order chi connectivity index (χ1) is 8.88. The van der Waals surface area contributed by atoms with E-state index in [-0.39, 0.29) is 6.04 Å². The summed E-state index contributed by atoms with van der Waals surface area (Å²) in [5, 5.41) is 3.33. The maximum atomic E-state index is 10.8. The summed E-state index contributed by atoms with van der Waals surface area (Å²) in [6, 6.07) is 0.142. The highest BCUT2D eigenvalue weighted by molar-refractivity contribution is 4.80. The van der Waals surface area contributed by atoms with Gasteiger partial charge in [-0.2, -0.15) is 4.91 Å². The Balaban J connectivity index is 1.94. The number of nitroso groups, excluding NO2 is 1. The van der Waals surface area contributed by atoms with Gasteiger partial charge in [0.1, 0.15) is 0 Å². The van der Waals surface area contributed by atoms with Gasteiger partial charge < -0.3 is 0 Å². The maximum absolute atomic E-state index is 10.8. The van der Waals surface area contributed by atoms with Gasteiger partial charge in [0.2, 0.25) is 0 Å². The van der Waals surface area contributed by atoms with Crippen molar-refractivity contribution >= 4 is 0 Å². The van der Waals surface area contributed by atoms with Crippen molar-refractivity contribution in [2.75, 3.05) is 0 Å². The zero-order valence-electron chi connectivity index (χ0n) is 12.2. The molecule has 0 saturated heterocycles. The number of nitrogens with zero attached hydrogens (tertiary/aromatic N) is 1. The molecule has 18 heavy (non-hydrogen) atoms. The van der Waals surface area contributed by atoms with E-state index >= 15 is 0 Å². The molecule has 0 aromatic heterocycles. The van der Waals surface area contributed by atoms with Crippen LogP contribution in [0.1, 0.15) is 90.4 Å². The topological polar surface area (TPSA) is 29.4 Å². The van der Waals surface area contributed by atoms with E-state index in [1.54, 1.807) is 0 Å². The molecule has 0 radical (unpaired) electrons. The Morgan fingerprint density at radius 3 is 2.17 bits per heavy atom. The minimum Gasteiger partial charge on any atom is -0.151 e. The SMILES string of the molecule is CCCCCCCCCCC1CCCCC1N=O. The van der Waals surface area contributed by atoms with Crippen molar-refractivity contribution in [3.05, 3.63) is 4.91 Å². The van der Waals surface area contributed by atoms with Crippen molar-refractivity contribution < 1.29 is 0 Å². The molecule has 1 aliphatic carbocycles. The zero-order valence-corrected chi connectivity index (χ0v) is 12.2. The van der Waals surface area contributed by atoms with Crippen LogP contribution in [0.25, 0.3) is 0 Å². The third kappa shape index (κ3) is 6.51. The van der Waals surface area contributed by atoms with Gasteiger partial charge in [-0.3, -0.25) is 0 Å². The molecule has 1 rings (SSSR count). The second-order valence-corrected chi connectivity index (χ2v) is 5.98. The highest BCUT2D eigenvalue weighted by atomic mass is 16.3. The Morgan fingerprint density at radius 1 is 0.889 bits per heavy atom. The van der Waals surface area contributed by atoms with Gasteiger partial charge in [0.25, 0.3) is 0 Å². The standard InChI is InChI=1S/C16H31NO/c1-2-3-4-5-6-7-8-9-12-15-13-10-11-14-16(15)17-18/h15-16H,2-14H2,1H3. The first-order valence-corrected chi connectivity index (χ1v) is 8.21. The molecule has 0 aliphatic heterocycles. The fourth-order valence-electron chi connectivity index (χ4n) is 3.20. The lowest BCUT2D eigenvalue weighted by molar-refractivity contribution is 0.284. The van der Waals surface area contributed by atoms with E-state index in [0.29, 0.717) is 5.92 Å². The Morgan fingerprint density at radius 2 is 1.50 bits per heavy atom. The fourth-order valence-corrected chi connectivity index (χ4v) is 3.20. The van der Waals surface area contributed by atoms with E-state index in [1.807, 2.05) is 0 Å². The number of hydrogen-bond donors (Lipinski definition) is 0. The van der Waals surface area contributed by atoms with Crippen LogP contribution in [0.15, 0.2) is 5.18 Å². The van der Waals surface area contributed by atoms with Gasteiger partial charge in [0.05, 0.1) is 6.04 Å². The van der Waals surface area contributed by atoms with Crippen molar-refractivity contribution in [1.82, 2.24) is 0 Å². The summed E-state index contributed by atoms with van der Waals surface area (Å²) in [6.07, 6.45) is 17.1. The average Bonchev–Trinajstić information content (AvgIpc) is 2.42. The van der Waals surface area contributed by atoms with E-state index in [1.165, 1.54) is 77.0 Å². The predicted molar refractivity (Wildman–Crippen MR) is 78.8 cm³/mol. The molecular weight excluding hydrogens is 222 g/mol. The molecule has 2 nitrogen and oxygen atoms in total. The molecule has 1 saturated carbocycles. The average molecular weight is 253 g/mol. The van der Waals surface area contributed by atoms with Crippen molar-refractivity contribution in [3.63, 3.8) is 0 Å². The molecule has 1 aliphatic rings. The highest BCUT2D eigenvalue weighted by Gasteiger charge is 2.25. The molecule has 2 unspecified atom stereocenters. The monoisotopic (exact) mass is 253 g/mol. The summed E-state index contributed by atoms with van der Waals surface area (Å²) < 4.78 is 0. The molecular formula is C16H31NO. The first-order valence-electron chi connectivity index (χ1n) is 8.21.